The minimum atomic E-state index is -0.733. The highest BCUT2D eigenvalue weighted by molar-refractivity contribution is 6.31. The molecule has 7 heteroatoms. The fraction of sp³-hybridized carbons (Fsp3) is 0. The molecule has 4 aromatic rings. The molecule has 144 valence electrons. The zero-order valence-corrected chi connectivity index (χ0v) is 16.2. The Morgan fingerprint density at radius 2 is 1.59 bits per heavy atom. The Morgan fingerprint density at radius 1 is 0.897 bits per heavy atom. The molecule has 0 bridgehead atoms. The lowest BCUT2D eigenvalue weighted by molar-refractivity contribution is 0.103. The Labute approximate surface area is 174 Å². The van der Waals surface area contributed by atoms with Gasteiger partial charge in [-0.15, -0.1) is 0 Å². The predicted molar refractivity (Wildman–Crippen MR) is 111 cm³/mol. The molecule has 0 aliphatic carbocycles. The van der Waals surface area contributed by atoms with Crippen LogP contribution in [-0.2, 0) is 0 Å². The molecule has 3 aromatic carbocycles. The number of rotatable bonds is 3. The maximum atomic E-state index is 13.3. The smallest absolute Gasteiger partial charge is 0.208 e. The molecule has 0 saturated heterocycles. The van der Waals surface area contributed by atoms with Crippen LogP contribution in [0.4, 0.5) is 0 Å². The van der Waals surface area contributed by atoms with Crippen molar-refractivity contribution < 1.29 is 19.4 Å². The van der Waals surface area contributed by atoms with Gasteiger partial charge in [-0.3, -0.25) is 9.59 Å². The van der Waals surface area contributed by atoms with E-state index in [1.807, 2.05) is 0 Å². The van der Waals surface area contributed by atoms with Gasteiger partial charge in [0.1, 0.15) is 33.8 Å². The Balaban J connectivity index is 2.10. The molecule has 5 nitrogen and oxygen atoms in total. The number of phenolic OH excluding ortho intramolecular Hbond substituents is 2. The summed E-state index contributed by atoms with van der Waals surface area (Å²) in [5, 5.41) is 20.5. The van der Waals surface area contributed by atoms with E-state index in [1.54, 1.807) is 36.4 Å². The summed E-state index contributed by atoms with van der Waals surface area (Å²) in [6.45, 7) is 0. The molecular formula is C22H12Cl2O5. The van der Waals surface area contributed by atoms with E-state index < -0.39 is 17.0 Å². The fourth-order valence-electron chi connectivity index (χ4n) is 3.10. The highest BCUT2D eigenvalue weighted by atomic mass is 35.5. The number of hydrogen-bond donors (Lipinski definition) is 2. The van der Waals surface area contributed by atoms with Crippen molar-refractivity contribution in [3.05, 3.63) is 92.1 Å². The van der Waals surface area contributed by atoms with Gasteiger partial charge in [-0.1, -0.05) is 47.5 Å². The van der Waals surface area contributed by atoms with Crippen LogP contribution >= 0.6 is 23.2 Å². The Hall–Kier alpha value is -3.28. The summed E-state index contributed by atoms with van der Waals surface area (Å²) in [7, 11) is 0. The molecule has 0 aliphatic rings. The number of aromatic hydroxyl groups is 2. The van der Waals surface area contributed by atoms with E-state index in [9.17, 15) is 19.8 Å². The van der Waals surface area contributed by atoms with Gasteiger partial charge in [-0.2, -0.15) is 0 Å². The van der Waals surface area contributed by atoms with E-state index in [-0.39, 0.29) is 33.6 Å². The lowest BCUT2D eigenvalue weighted by Crippen LogP contribution is -2.18. The first kappa shape index (κ1) is 19.1. The van der Waals surface area contributed by atoms with Crippen molar-refractivity contribution >= 4 is 40.0 Å². The third-order valence-electron chi connectivity index (χ3n) is 4.36. The highest BCUT2D eigenvalue weighted by Crippen LogP contribution is 2.34. The van der Waals surface area contributed by atoms with Gasteiger partial charge in [-0.25, -0.2) is 0 Å². The first-order chi connectivity index (χ1) is 13.8. The molecule has 0 saturated carbocycles. The van der Waals surface area contributed by atoms with Gasteiger partial charge in [-0.05, 0) is 24.3 Å². The van der Waals surface area contributed by atoms with Gasteiger partial charge in [0.2, 0.25) is 11.2 Å². The van der Waals surface area contributed by atoms with Crippen molar-refractivity contribution in [3.63, 3.8) is 0 Å². The number of carbonyl (C=O) groups excluding carboxylic acids is 1. The largest absolute Gasteiger partial charge is 0.508 e. The summed E-state index contributed by atoms with van der Waals surface area (Å²) in [4.78, 5) is 26.5. The van der Waals surface area contributed by atoms with E-state index >= 15 is 0 Å². The molecule has 0 atom stereocenters. The summed E-state index contributed by atoms with van der Waals surface area (Å²) in [6, 6.07) is 14.8. The zero-order valence-electron chi connectivity index (χ0n) is 14.6. The number of phenols is 2. The number of fused-ring (bicyclic) bond motifs is 1. The monoisotopic (exact) mass is 426 g/mol. The summed E-state index contributed by atoms with van der Waals surface area (Å²) in [5.74, 6) is -1.43. The SMILES string of the molecule is O=C(c1cccc(Cl)c1)c1c(-c2cccc(Cl)c2)oc2cc(O)cc(O)c2c1=O. The van der Waals surface area contributed by atoms with Gasteiger partial charge in [0, 0.05) is 33.3 Å². The molecule has 0 spiro atoms. The lowest BCUT2D eigenvalue weighted by Gasteiger charge is -2.11. The van der Waals surface area contributed by atoms with Crippen LogP contribution in [0.3, 0.4) is 0 Å². The molecule has 1 aromatic heterocycles. The molecular weight excluding hydrogens is 415 g/mol. The number of hydrogen-bond acceptors (Lipinski definition) is 5. The standard InChI is InChI=1S/C22H12Cl2O5/c23-13-5-1-3-11(7-13)20(27)19-21(28)18-16(26)9-15(25)10-17(18)29-22(19)12-4-2-6-14(24)8-12/h1-10,25-26H. The van der Waals surface area contributed by atoms with Crippen LogP contribution < -0.4 is 5.43 Å². The first-order valence-electron chi connectivity index (χ1n) is 8.44. The number of ketones is 1. The van der Waals surface area contributed by atoms with Crippen LogP contribution in [0, 0.1) is 0 Å². The quantitative estimate of drug-likeness (QED) is 0.427. The second-order valence-electron chi connectivity index (χ2n) is 6.32. The molecule has 0 radical (unpaired) electrons. The molecule has 29 heavy (non-hydrogen) atoms. The first-order valence-corrected chi connectivity index (χ1v) is 9.20. The predicted octanol–water partition coefficient (Wildman–Crippen LogP) is 5.41. The number of carbonyl (C=O) groups is 1. The van der Waals surface area contributed by atoms with Crippen molar-refractivity contribution in [3.8, 4) is 22.8 Å². The zero-order chi connectivity index (χ0) is 20.7. The minimum absolute atomic E-state index is 0.0278. The summed E-state index contributed by atoms with van der Waals surface area (Å²) >= 11 is 12.1. The maximum absolute atomic E-state index is 13.3. The Kier molecular flexibility index (Phi) is 4.78. The van der Waals surface area contributed by atoms with E-state index in [4.69, 9.17) is 27.6 Å². The highest BCUT2D eigenvalue weighted by Gasteiger charge is 2.25. The van der Waals surface area contributed by atoms with Crippen molar-refractivity contribution in [2.24, 2.45) is 0 Å². The average molecular weight is 427 g/mol. The van der Waals surface area contributed by atoms with Gasteiger partial charge >= 0.3 is 0 Å². The number of halogens is 2. The normalized spacial score (nSPS) is 11.0. The molecule has 4 rings (SSSR count). The fourth-order valence-corrected chi connectivity index (χ4v) is 3.48. The Morgan fingerprint density at radius 3 is 2.28 bits per heavy atom. The third kappa shape index (κ3) is 3.46. The van der Waals surface area contributed by atoms with Crippen LogP contribution in [0.2, 0.25) is 10.0 Å². The van der Waals surface area contributed by atoms with Gasteiger partial charge in [0.05, 0.1) is 0 Å². The second-order valence-corrected chi connectivity index (χ2v) is 7.20. The van der Waals surface area contributed by atoms with Crippen molar-refractivity contribution in [2.75, 3.05) is 0 Å². The average Bonchev–Trinajstić information content (AvgIpc) is 2.66. The van der Waals surface area contributed by atoms with E-state index in [1.165, 1.54) is 18.2 Å². The van der Waals surface area contributed by atoms with Crippen LogP contribution in [0.25, 0.3) is 22.3 Å². The van der Waals surface area contributed by atoms with Crippen LogP contribution in [0.5, 0.6) is 11.5 Å². The van der Waals surface area contributed by atoms with Crippen molar-refractivity contribution in [2.45, 2.75) is 0 Å². The maximum Gasteiger partial charge on any atom is 0.208 e. The number of benzene rings is 3. The van der Waals surface area contributed by atoms with Crippen LogP contribution in [0.15, 0.2) is 69.9 Å². The van der Waals surface area contributed by atoms with Gasteiger partial charge < -0.3 is 14.6 Å². The lowest BCUT2D eigenvalue weighted by atomic mass is 9.97. The summed E-state index contributed by atoms with van der Waals surface area (Å²) in [6.07, 6.45) is 0. The summed E-state index contributed by atoms with van der Waals surface area (Å²) < 4.78 is 5.82. The summed E-state index contributed by atoms with van der Waals surface area (Å²) in [5.41, 5.74) is -0.493. The van der Waals surface area contributed by atoms with Crippen molar-refractivity contribution in [1.82, 2.24) is 0 Å². The van der Waals surface area contributed by atoms with E-state index in [2.05, 4.69) is 0 Å². The van der Waals surface area contributed by atoms with E-state index in [0.29, 0.717) is 15.6 Å². The van der Waals surface area contributed by atoms with Crippen molar-refractivity contribution in [1.29, 1.82) is 0 Å². The van der Waals surface area contributed by atoms with E-state index in [0.717, 1.165) is 6.07 Å². The third-order valence-corrected chi connectivity index (χ3v) is 4.83. The molecule has 0 amide bonds. The Bertz CT molecular complexity index is 1340. The molecule has 2 N–H and O–H groups in total. The van der Waals surface area contributed by atoms with Gasteiger partial charge in [0.25, 0.3) is 0 Å². The molecule has 0 aliphatic heterocycles. The minimum Gasteiger partial charge on any atom is -0.508 e. The molecule has 0 fully saturated rings. The molecule has 1 heterocycles. The topological polar surface area (TPSA) is 87.7 Å². The van der Waals surface area contributed by atoms with Crippen LogP contribution in [-0.4, -0.2) is 16.0 Å². The van der Waals surface area contributed by atoms with Crippen LogP contribution in [0.1, 0.15) is 15.9 Å². The van der Waals surface area contributed by atoms with Gasteiger partial charge in [0.15, 0.2) is 0 Å². The second kappa shape index (κ2) is 7.28. The molecule has 0 unspecified atom stereocenters.